The molecular weight excluding hydrogens is 540 g/mol. The van der Waals surface area contributed by atoms with Crippen LogP contribution in [0.25, 0.3) is 6.08 Å². The number of likely N-dealkylation sites (tertiary alicyclic amines) is 1. The fourth-order valence-electron chi connectivity index (χ4n) is 4.13. The summed E-state index contributed by atoms with van der Waals surface area (Å²) in [6.07, 6.45) is 2.46. The number of hydrogen-bond acceptors (Lipinski definition) is 3. The molecule has 206 valence electrons. The van der Waals surface area contributed by atoms with Crippen molar-refractivity contribution in [1.29, 1.82) is 0 Å². The lowest BCUT2D eigenvalue weighted by Gasteiger charge is -2.18. The Balaban J connectivity index is 1.28. The van der Waals surface area contributed by atoms with Crippen molar-refractivity contribution in [3.63, 3.8) is 0 Å². The molecule has 0 aliphatic carbocycles. The predicted molar refractivity (Wildman–Crippen MR) is 145 cm³/mol. The Morgan fingerprint density at radius 1 is 1.08 bits per heavy atom. The summed E-state index contributed by atoms with van der Waals surface area (Å²) in [6, 6.07) is 9.09. The second kappa shape index (κ2) is 13.9. The highest BCUT2D eigenvalue weighted by Crippen LogP contribution is 2.29. The molecule has 0 saturated carbocycles. The monoisotopic (exact) mass is 570 g/mol. The summed E-state index contributed by atoms with van der Waals surface area (Å²) < 4.78 is 38.0. The molecule has 2 aromatic rings. The van der Waals surface area contributed by atoms with E-state index < -0.39 is 17.8 Å². The maximum Gasteiger partial charge on any atom is 0.416 e. The highest BCUT2D eigenvalue weighted by molar-refractivity contribution is 6.42. The van der Waals surface area contributed by atoms with Crippen LogP contribution in [0.3, 0.4) is 0 Å². The lowest BCUT2D eigenvalue weighted by Crippen LogP contribution is -2.39. The van der Waals surface area contributed by atoms with Crippen molar-refractivity contribution >= 4 is 46.9 Å². The highest BCUT2D eigenvalue weighted by Gasteiger charge is 2.30. The lowest BCUT2D eigenvalue weighted by atomic mass is 10.2. The van der Waals surface area contributed by atoms with Gasteiger partial charge in [-0.2, -0.15) is 13.2 Å². The Bertz CT molecular complexity index is 1130. The quantitative estimate of drug-likeness (QED) is 0.251. The Morgan fingerprint density at radius 3 is 2.50 bits per heavy atom. The smallest absolute Gasteiger partial charge is 0.342 e. The zero-order valence-electron chi connectivity index (χ0n) is 21.0. The summed E-state index contributed by atoms with van der Waals surface area (Å²) in [6.45, 7) is 3.13. The van der Waals surface area contributed by atoms with Gasteiger partial charge in [-0.3, -0.25) is 4.79 Å². The van der Waals surface area contributed by atoms with Gasteiger partial charge in [0.15, 0.2) is 0 Å². The number of unbranched alkanes of at least 4 members (excludes halogenated alkanes) is 2. The molecule has 6 nitrogen and oxygen atoms in total. The molecule has 2 N–H and O–H groups in total. The molecule has 3 amide bonds. The van der Waals surface area contributed by atoms with Gasteiger partial charge in [0.1, 0.15) is 0 Å². The van der Waals surface area contributed by atoms with Crippen molar-refractivity contribution in [2.45, 2.75) is 37.9 Å². The number of alkyl halides is 3. The van der Waals surface area contributed by atoms with Crippen LogP contribution in [0.1, 0.15) is 36.8 Å². The maximum atomic E-state index is 12.7. The third-order valence-corrected chi connectivity index (χ3v) is 7.02. The minimum absolute atomic E-state index is 0.0180. The number of rotatable bonds is 10. The van der Waals surface area contributed by atoms with E-state index in [-0.39, 0.29) is 11.9 Å². The van der Waals surface area contributed by atoms with Crippen LogP contribution in [-0.2, 0) is 11.0 Å². The van der Waals surface area contributed by atoms with Crippen molar-refractivity contribution in [2.75, 3.05) is 38.5 Å². The first-order chi connectivity index (χ1) is 18.0. The van der Waals surface area contributed by atoms with Crippen LogP contribution in [0.4, 0.5) is 23.7 Å². The number of halogens is 5. The minimum atomic E-state index is -4.41. The molecule has 0 spiro atoms. The van der Waals surface area contributed by atoms with Crippen LogP contribution in [0.15, 0.2) is 48.5 Å². The van der Waals surface area contributed by atoms with Crippen molar-refractivity contribution in [1.82, 2.24) is 15.1 Å². The molecule has 1 atom stereocenters. The molecule has 1 heterocycles. The number of hydrogen-bond donors (Lipinski definition) is 2. The zero-order chi connectivity index (χ0) is 27.7. The molecule has 1 saturated heterocycles. The van der Waals surface area contributed by atoms with E-state index in [9.17, 15) is 22.8 Å². The standard InChI is InChI=1S/C27H31Cl2F3N4O2/c1-35(25(37)12-6-19-5-11-23(28)24(29)17-19)14-3-2-4-15-36-16-13-22(18-36)34-26(38)33-21-9-7-20(8-10-21)27(30,31)32/h5-12,17,22H,2-4,13-16,18H2,1H3,(H2,33,34,38)/b12-6+. The second-order valence-corrected chi connectivity index (χ2v) is 10.1. The fraction of sp³-hybridized carbons (Fsp3) is 0.407. The Hall–Kier alpha value is -2.75. The molecule has 11 heteroatoms. The van der Waals surface area contributed by atoms with Gasteiger partial charge < -0.3 is 20.4 Å². The number of nitrogens with one attached hydrogen (secondary N) is 2. The SMILES string of the molecule is CN(CCCCCN1CCC(NC(=O)Nc2ccc(C(F)(F)F)cc2)C1)C(=O)/C=C/c1ccc(Cl)c(Cl)c1. The Morgan fingerprint density at radius 2 is 1.82 bits per heavy atom. The third kappa shape index (κ3) is 9.53. The van der Waals surface area contributed by atoms with E-state index in [0.29, 0.717) is 22.3 Å². The maximum absolute atomic E-state index is 12.7. The van der Waals surface area contributed by atoms with Gasteiger partial charge in [-0.25, -0.2) is 4.79 Å². The lowest BCUT2D eigenvalue weighted by molar-refractivity contribution is -0.137. The summed E-state index contributed by atoms with van der Waals surface area (Å²) in [5.41, 5.74) is 0.347. The van der Waals surface area contributed by atoms with E-state index in [1.165, 1.54) is 18.2 Å². The van der Waals surface area contributed by atoms with Crippen LogP contribution in [0.2, 0.25) is 10.0 Å². The van der Waals surface area contributed by atoms with Crippen LogP contribution >= 0.6 is 23.2 Å². The average Bonchev–Trinajstić information content (AvgIpc) is 3.30. The van der Waals surface area contributed by atoms with Gasteiger partial charge in [0.2, 0.25) is 5.91 Å². The van der Waals surface area contributed by atoms with Crippen molar-refractivity contribution in [3.8, 4) is 0 Å². The van der Waals surface area contributed by atoms with E-state index in [1.54, 1.807) is 36.2 Å². The summed E-state index contributed by atoms with van der Waals surface area (Å²) in [4.78, 5) is 28.5. The summed E-state index contributed by atoms with van der Waals surface area (Å²) in [5.74, 6) is -0.0842. The van der Waals surface area contributed by atoms with Gasteiger partial charge >= 0.3 is 12.2 Å². The molecule has 38 heavy (non-hydrogen) atoms. The number of likely N-dealkylation sites (N-methyl/N-ethyl adjacent to an activating group) is 1. The molecule has 0 radical (unpaired) electrons. The molecule has 1 aliphatic rings. The summed E-state index contributed by atoms with van der Waals surface area (Å²) in [7, 11) is 1.77. The van der Waals surface area contributed by atoms with Crippen molar-refractivity contribution in [2.24, 2.45) is 0 Å². The first-order valence-electron chi connectivity index (χ1n) is 12.4. The molecule has 0 bridgehead atoms. The van der Waals surface area contributed by atoms with Gasteiger partial charge in [0.05, 0.1) is 15.6 Å². The topological polar surface area (TPSA) is 64.7 Å². The van der Waals surface area contributed by atoms with Crippen LogP contribution in [0.5, 0.6) is 0 Å². The Labute approximate surface area is 230 Å². The number of carbonyl (C=O) groups is 2. The van der Waals surface area contributed by atoms with Gasteiger partial charge in [0, 0.05) is 44.5 Å². The largest absolute Gasteiger partial charge is 0.416 e. The number of carbonyl (C=O) groups excluding carboxylic acids is 2. The molecule has 0 aromatic heterocycles. The van der Waals surface area contributed by atoms with E-state index in [0.717, 1.165) is 63.0 Å². The number of benzene rings is 2. The fourth-order valence-corrected chi connectivity index (χ4v) is 4.44. The average molecular weight is 571 g/mol. The van der Waals surface area contributed by atoms with Crippen molar-refractivity contribution in [3.05, 3.63) is 69.7 Å². The van der Waals surface area contributed by atoms with E-state index in [2.05, 4.69) is 15.5 Å². The summed E-state index contributed by atoms with van der Waals surface area (Å²) >= 11 is 11.9. The zero-order valence-corrected chi connectivity index (χ0v) is 22.5. The number of anilines is 1. The third-order valence-electron chi connectivity index (χ3n) is 6.28. The van der Waals surface area contributed by atoms with Crippen LogP contribution < -0.4 is 10.6 Å². The van der Waals surface area contributed by atoms with E-state index >= 15 is 0 Å². The molecular formula is C27H31Cl2F3N4O2. The van der Waals surface area contributed by atoms with E-state index in [4.69, 9.17) is 23.2 Å². The number of urea groups is 1. The van der Waals surface area contributed by atoms with Gasteiger partial charge in [-0.1, -0.05) is 35.7 Å². The highest BCUT2D eigenvalue weighted by atomic mass is 35.5. The van der Waals surface area contributed by atoms with Crippen LogP contribution in [0, 0.1) is 0 Å². The normalized spacial score (nSPS) is 16.1. The summed E-state index contributed by atoms with van der Waals surface area (Å²) in [5, 5.41) is 6.37. The first-order valence-corrected chi connectivity index (χ1v) is 13.1. The predicted octanol–water partition coefficient (Wildman–Crippen LogP) is 6.55. The molecule has 2 aromatic carbocycles. The Kier molecular flexibility index (Phi) is 10.9. The first kappa shape index (κ1) is 29.8. The molecule has 3 rings (SSSR count). The van der Waals surface area contributed by atoms with Crippen molar-refractivity contribution < 1.29 is 22.8 Å². The van der Waals surface area contributed by atoms with E-state index in [1.807, 2.05) is 0 Å². The second-order valence-electron chi connectivity index (χ2n) is 9.29. The van der Waals surface area contributed by atoms with Gasteiger partial charge in [-0.15, -0.1) is 0 Å². The van der Waals surface area contributed by atoms with Gasteiger partial charge in [-0.05, 0) is 73.8 Å². The molecule has 1 aliphatic heterocycles. The molecule has 1 fully saturated rings. The van der Waals surface area contributed by atoms with Crippen LogP contribution in [-0.4, -0.2) is 61.0 Å². The minimum Gasteiger partial charge on any atom is -0.342 e. The number of amides is 3. The molecule has 1 unspecified atom stereocenters. The number of nitrogens with zero attached hydrogens (tertiary/aromatic N) is 2. The van der Waals surface area contributed by atoms with Gasteiger partial charge in [0.25, 0.3) is 0 Å².